The quantitative estimate of drug-likeness (QED) is 0.821. The Bertz CT molecular complexity index is 742. The van der Waals surface area contributed by atoms with Crippen molar-refractivity contribution < 1.29 is 23.7 Å². The maximum Gasteiger partial charge on any atom is 0.249 e. The summed E-state index contributed by atoms with van der Waals surface area (Å²) >= 11 is 0. The number of fused-ring (bicyclic) bond motifs is 3. The number of halogens is 2. The summed E-state index contributed by atoms with van der Waals surface area (Å²) in [5, 5.41) is 19.1. The van der Waals surface area contributed by atoms with E-state index in [0.717, 1.165) is 5.56 Å². The molecule has 0 radical (unpaired) electrons. The number of phenols is 2. The summed E-state index contributed by atoms with van der Waals surface area (Å²) in [6.45, 7) is 0. The largest absolute Gasteiger partial charge is 0.508 e. The molecule has 0 saturated heterocycles. The van der Waals surface area contributed by atoms with Crippen LogP contribution >= 0.6 is 0 Å². The molecule has 0 spiro atoms. The van der Waals surface area contributed by atoms with Crippen molar-refractivity contribution in [1.29, 1.82) is 0 Å². The van der Waals surface area contributed by atoms with E-state index in [1.165, 1.54) is 24.3 Å². The van der Waals surface area contributed by atoms with Crippen molar-refractivity contribution in [3.63, 3.8) is 0 Å². The third kappa shape index (κ3) is 2.40. The average Bonchev–Trinajstić information content (AvgIpc) is 2.83. The van der Waals surface area contributed by atoms with Crippen molar-refractivity contribution >= 4 is 0 Å². The van der Waals surface area contributed by atoms with E-state index in [4.69, 9.17) is 4.74 Å². The van der Waals surface area contributed by atoms with Gasteiger partial charge in [-0.05, 0) is 35.9 Å². The van der Waals surface area contributed by atoms with E-state index >= 15 is 0 Å². The van der Waals surface area contributed by atoms with Gasteiger partial charge in [-0.25, -0.2) is 8.78 Å². The molecule has 23 heavy (non-hydrogen) atoms. The van der Waals surface area contributed by atoms with Crippen molar-refractivity contribution in [3.8, 4) is 17.2 Å². The Morgan fingerprint density at radius 1 is 0.957 bits per heavy atom. The Labute approximate surface area is 132 Å². The van der Waals surface area contributed by atoms with Crippen LogP contribution in [0.5, 0.6) is 17.2 Å². The van der Waals surface area contributed by atoms with Crippen molar-refractivity contribution in [3.05, 3.63) is 53.6 Å². The molecule has 2 aliphatic rings. The first-order valence-electron chi connectivity index (χ1n) is 7.59. The number of phenolic OH excluding ortho intramolecular Hbond substituents is 2. The molecule has 1 fully saturated rings. The Balaban J connectivity index is 1.80. The van der Waals surface area contributed by atoms with E-state index in [-0.39, 0.29) is 36.2 Å². The van der Waals surface area contributed by atoms with Crippen LogP contribution in [0, 0.1) is 5.92 Å². The maximum absolute atomic E-state index is 14.0. The first-order valence-corrected chi connectivity index (χ1v) is 7.59. The van der Waals surface area contributed by atoms with Gasteiger partial charge in [-0.3, -0.25) is 0 Å². The highest BCUT2D eigenvalue weighted by molar-refractivity contribution is 5.46. The molecule has 1 saturated carbocycles. The minimum atomic E-state index is -2.74. The minimum absolute atomic E-state index is 0.0596. The van der Waals surface area contributed by atoms with Gasteiger partial charge >= 0.3 is 0 Å². The standard InChI is InChI=1S/C18H16F2O3/c19-18(20)8-14-13-7-12(22)5-6-16(13)23-17(15(14)9-18)10-1-3-11(21)4-2-10/h1-7,14-15,17,21-22H,8-9H2/t14-,15?,17?/m1/s1. The van der Waals surface area contributed by atoms with Crippen LogP contribution in [0.4, 0.5) is 8.78 Å². The molecule has 1 aliphatic heterocycles. The fourth-order valence-electron chi connectivity index (χ4n) is 3.84. The van der Waals surface area contributed by atoms with Crippen molar-refractivity contribution in [2.45, 2.75) is 30.8 Å². The molecule has 2 unspecified atom stereocenters. The SMILES string of the molecule is Oc1ccc(C2Oc3ccc(O)cc3[C@H]3CC(F)(F)CC23)cc1. The lowest BCUT2D eigenvalue weighted by Gasteiger charge is -2.36. The van der Waals surface area contributed by atoms with Gasteiger partial charge in [0.1, 0.15) is 23.4 Å². The molecule has 120 valence electrons. The molecule has 3 atom stereocenters. The number of alkyl halides is 2. The fourth-order valence-corrected chi connectivity index (χ4v) is 3.84. The van der Waals surface area contributed by atoms with E-state index in [2.05, 4.69) is 0 Å². The highest BCUT2D eigenvalue weighted by Gasteiger charge is 2.53. The fraction of sp³-hybridized carbons (Fsp3) is 0.333. The van der Waals surface area contributed by atoms with Crippen LogP contribution in [0.2, 0.25) is 0 Å². The lowest BCUT2D eigenvalue weighted by molar-refractivity contribution is -0.00231. The van der Waals surface area contributed by atoms with E-state index in [9.17, 15) is 19.0 Å². The van der Waals surface area contributed by atoms with Crippen LogP contribution in [0.15, 0.2) is 42.5 Å². The smallest absolute Gasteiger partial charge is 0.249 e. The lowest BCUT2D eigenvalue weighted by Crippen LogP contribution is -2.26. The molecular weight excluding hydrogens is 302 g/mol. The van der Waals surface area contributed by atoms with Gasteiger partial charge in [0.05, 0.1) is 0 Å². The van der Waals surface area contributed by atoms with E-state index in [1.807, 2.05) is 0 Å². The second-order valence-corrected chi connectivity index (χ2v) is 6.39. The zero-order chi connectivity index (χ0) is 16.2. The van der Waals surface area contributed by atoms with Crippen LogP contribution < -0.4 is 4.74 Å². The first kappa shape index (κ1) is 14.3. The first-order chi connectivity index (χ1) is 10.9. The molecule has 3 nitrogen and oxygen atoms in total. The molecular formula is C18H16F2O3. The summed E-state index contributed by atoms with van der Waals surface area (Å²) in [4.78, 5) is 0. The third-order valence-electron chi connectivity index (χ3n) is 4.83. The van der Waals surface area contributed by atoms with Gasteiger partial charge in [-0.2, -0.15) is 0 Å². The summed E-state index contributed by atoms with van der Waals surface area (Å²) in [6, 6.07) is 11.1. The molecule has 2 aromatic rings. The van der Waals surface area contributed by atoms with Crippen molar-refractivity contribution in [1.82, 2.24) is 0 Å². The number of hydrogen-bond acceptors (Lipinski definition) is 3. The highest BCUT2D eigenvalue weighted by Crippen LogP contribution is 2.58. The number of rotatable bonds is 1. The van der Waals surface area contributed by atoms with Gasteiger partial charge in [0.2, 0.25) is 5.92 Å². The number of benzene rings is 2. The van der Waals surface area contributed by atoms with Crippen LogP contribution in [-0.4, -0.2) is 16.1 Å². The van der Waals surface area contributed by atoms with Gasteiger partial charge in [0.15, 0.2) is 0 Å². The second kappa shape index (κ2) is 4.85. The molecule has 5 heteroatoms. The zero-order valence-corrected chi connectivity index (χ0v) is 12.2. The number of hydrogen-bond donors (Lipinski definition) is 2. The van der Waals surface area contributed by atoms with Crippen molar-refractivity contribution in [2.75, 3.05) is 0 Å². The van der Waals surface area contributed by atoms with Crippen LogP contribution in [0.1, 0.15) is 36.0 Å². The van der Waals surface area contributed by atoms with Crippen LogP contribution in [-0.2, 0) is 0 Å². The van der Waals surface area contributed by atoms with E-state index < -0.39 is 12.0 Å². The number of aromatic hydroxyl groups is 2. The maximum atomic E-state index is 14.0. The normalized spacial score (nSPS) is 27.8. The number of ether oxygens (including phenoxy) is 1. The molecule has 0 amide bonds. The lowest BCUT2D eigenvalue weighted by atomic mass is 9.80. The Hall–Kier alpha value is -2.30. The summed E-state index contributed by atoms with van der Waals surface area (Å²) in [6.07, 6.45) is -0.948. The summed E-state index contributed by atoms with van der Waals surface area (Å²) < 4.78 is 34.1. The third-order valence-corrected chi connectivity index (χ3v) is 4.83. The molecule has 4 rings (SSSR count). The Morgan fingerprint density at radius 2 is 1.65 bits per heavy atom. The van der Waals surface area contributed by atoms with Crippen molar-refractivity contribution in [2.24, 2.45) is 5.92 Å². The average molecular weight is 318 g/mol. The van der Waals surface area contributed by atoms with E-state index in [0.29, 0.717) is 11.3 Å². The van der Waals surface area contributed by atoms with Gasteiger partial charge in [-0.1, -0.05) is 12.1 Å². The molecule has 1 heterocycles. The van der Waals surface area contributed by atoms with Gasteiger partial charge in [0.25, 0.3) is 0 Å². The summed E-state index contributed by atoms with van der Waals surface area (Å²) in [7, 11) is 0. The summed E-state index contributed by atoms with van der Waals surface area (Å²) in [5.74, 6) is -2.71. The molecule has 0 bridgehead atoms. The second-order valence-electron chi connectivity index (χ2n) is 6.39. The minimum Gasteiger partial charge on any atom is -0.508 e. The predicted octanol–water partition coefficient (Wildman–Crippen LogP) is 4.36. The van der Waals surface area contributed by atoms with Gasteiger partial charge < -0.3 is 14.9 Å². The van der Waals surface area contributed by atoms with Crippen LogP contribution in [0.25, 0.3) is 0 Å². The summed E-state index contributed by atoms with van der Waals surface area (Å²) in [5.41, 5.74) is 1.43. The highest BCUT2D eigenvalue weighted by atomic mass is 19.3. The zero-order valence-electron chi connectivity index (χ0n) is 12.2. The Morgan fingerprint density at radius 3 is 2.39 bits per heavy atom. The van der Waals surface area contributed by atoms with Gasteiger partial charge in [0, 0.05) is 30.2 Å². The molecule has 2 N–H and O–H groups in total. The van der Waals surface area contributed by atoms with Crippen LogP contribution in [0.3, 0.4) is 0 Å². The topological polar surface area (TPSA) is 49.7 Å². The van der Waals surface area contributed by atoms with E-state index in [1.54, 1.807) is 18.2 Å². The molecule has 0 aromatic heterocycles. The molecule has 2 aromatic carbocycles. The molecule has 1 aliphatic carbocycles. The monoisotopic (exact) mass is 318 g/mol. The Kier molecular flexibility index (Phi) is 3.01. The van der Waals surface area contributed by atoms with Gasteiger partial charge in [-0.15, -0.1) is 0 Å². The predicted molar refractivity (Wildman–Crippen MR) is 80.0 cm³/mol.